The molecule has 0 fully saturated rings. The predicted molar refractivity (Wildman–Crippen MR) is 31.8 cm³/mol. The van der Waals surface area contributed by atoms with Gasteiger partial charge in [-0.1, -0.05) is 6.92 Å². The van der Waals surface area contributed by atoms with Crippen LogP contribution in [0.1, 0.15) is 20.3 Å². The molecule has 0 aliphatic carbocycles. The maximum atomic E-state index is 4.23. The van der Waals surface area contributed by atoms with Gasteiger partial charge in [0.05, 0.1) is 0 Å². The first-order valence-corrected chi connectivity index (χ1v) is 2.79. The third-order valence-corrected chi connectivity index (χ3v) is 1.32. The van der Waals surface area contributed by atoms with Gasteiger partial charge in [0.1, 0.15) is 0 Å². The molecule has 0 N–H and O–H groups in total. The van der Waals surface area contributed by atoms with Gasteiger partial charge in [0, 0.05) is 12.3 Å². The van der Waals surface area contributed by atoms with Crippen molar-refractivity contribution in [1.82, 2.24) is 0 Å². The lowest BCUT2D eigenvalue weighted by atomic mass is 10.1. The summed E-state index contributed by atoms with van der Waals surface area (Å²) >= 11 is 0. The number of nitrogens with zero attached hydrogens (tertiary/aromatic N) is 1. The normalized spacial score (nSPS) is 30.6. The monoisotopic (exact) mass is 97.1 g/mol. The summed E-state index contributed by atoms with van der Waals surface area (Å²) in [7, 11) is 0. The van der Waals surface area contributed by atoms with Crippen LogP contribution >= 0.6 is 0 Å². The van der Waals surface area contributed by atoms with E-state index in [2.05, 4.69) is 18.8 Å². The second kappa shape index (κ2) is 1.65. The summed E-state index contributed by atoms with van der Waals surface area (Å²) in [4.78, 5) is 4.23. The van der Waals surface area contributed by atoms with Crippen molar-refractivity contribution in [3.8, 4) is 0 Å². The molecule has 40 valence electrons. The van der Waals surface area contributed by atoms with Crippen LogP contribution in [0.2, 0.25) is 0 Å². The van der Waals surface area contributed by atoms with E-state index in [-0.39, 0.29) is 0 Å². The van der Waals surface area contributed by atoms with E-state index < -0.39 is 0 Å². The van der Waals surface area contributed by atoms with E-state index in [0.29, 0.717) is 0 Å². The number of hydrogen-bond donors (Lipinski definition) is 0. The van der Waals surface area contributed by atoms with Gasteiger partial charge in [0.2, 0.25) is 0 Å². The van der Waals surface area contributed by atoms with Crippen LogP contribution in [0.5, 0.6) is 0 Å². The van der Waals surface area contributed by atoms with Crippen molar-refractivity contribution in [1.29, 1.82) is 0 Å². The third kappa shape index (κ3) is 1.02. The topological polar surface area (TPSA) is 12.4 Å². The van der Waals surface area contributed by atoms with E-state index in [1.165, 1.54) is 12.1 Å². The molecule has 1 aliphatic heterocycles. The molecule has 0 saturated carbocycles. The number of hydrogen-bond acceptors (Lipinski definition) is 1. The van der Waals surface area contributed by atoms with E-state index in [1.54, 1.807) is 0 Å². The average Bonchev–Trinajstić information content (AvgIpc) is 1.87. The van der Waals surface area contributed by atoms with Crippen LogP contribution in [0.3, 0.4) is 0 Å². The lowest BCUT2D eigenvalue weighted by Crippen LogP contribution is -1.91. The van der Waals surface area contributed by atoms with Crippen molar-refractivity contribution < 1.29 is 0 Å². The molecule has 1 heterocycles. The Kier molecular flexibility index (Phi) is 1.13. The maximum Gasteiger partial charge on any atom is 0.0417 e. The van der Waals surface area contributed by atoms with Gasteiger partial charge in [0.25, 0.3) is 0 Å². The van der Waals surface area contributed by atoms with Crippen molar-refractivity contribution >= 4 is 5.71 Å². The number of rotatable bonds is 0. The first kappa shape index (κ1) is 4.82. The molecule has 0 spiro atoms. The summed E-state index contributed by atoms with van der Waals surface area (Å²) in [6.45, 7) is 5.40. The van der Waals surface area contributed by atoms with Crippen LogP contribution in [0.15, 0.2) is 4.99 Å². The van der Waals surface area contributed by atoms with Crippen molar-refractivity contribution in [2.45, 2.75) is 20.3 Å². The molecule has 0 aromatic heterocycles. The standard InChI is InChI=1S/C6H11N/c1-5-3-6(2)7-4-5/h5H,3-4H2,1-2H3/t5-/m1/s1. The Labute approximate surface area is 44.5 Å². The first-order chi connectivity index (χ1) is 3.29. The second-order valence-corrected chi connectivity index (χ2v) is 2.39. The smallest absolute Gasteiger partial charge is 0.0417 e. The predicted octanol–water partition coefficient (Wildman–Crippen LogP) is 1.49. The molecule has 0 saturated heterocycles. The Morgan fingerprint density at radius 3 is 2.57 bits per heavy atom. The van der Waals surface area contributed by atoms with Crippen LogP contribution in [-0.2, 0) is 0 Å². The molecule has 1 heteroatoms. The van der Waals surface area contributed by atoms with Crippen molar-refractivity contribution in [3.05, 3.63) is 0 Å². The molecule has 0 unspecified atom stereocenters. The zero-order valence-electron chi connectivity index (χ0n) is 4.94. The van der Waals surface area contributed by atoms with E-state index in [9.17, 15) is 0 Å². The zero-order chi connectivity index (χ0) is 5.28. The van der Waals surface area contributed by atoms with E-state index in [0.717, 1.165) is 12.5 Å². The van der Waals surface area contributed by atoms with Gasteiger partial charge >= 0.3 is 0 Å². The summed E-state index contributed by atoms with van der Waals surface area (Å²) in [5.74, 6) is 0.819. The number of aliphatic imine (C=N–C) groups is 1. The van der Waals surface area contributed by atoms with Gasteiger partial charge in [-0.05, 0) is 19.3 Å². The Morgan fingerprint density at radius 2 is 2.43 bits per heavy atom. The van der Waals surface area contributed by atoms with Crippen molar-refractivity contribution in [3.63, 3.8) is 0 Å². The molecular formula is C6H11N. The van der Waals surface area contributed by atoms with Crippen molar-refractivity contribution in [2.75, 3.05) is 6.54 Å². The fraction of sp³-hybridized carbons (Fsp3) is 0.833. The summed E-state index contributed by atoms with van der Waals surface area (Å²) in [6, 6.07) is 0. The Balaban J connectivity index is 2.42. The van der Waals surface area contributed by atoms with Gasteiger partial charge in [-0.2, -0.15) is 0 Å². The summed E-state index contributed by atoms with van der Waals surface area (Å²) in [6.07, 6.45) is 1.22. The Bertz CT molecular complexity index is 94.4. The minimum absolute atomic E-state index is 0.819. The average molecular weight is 97.2 g/mol. The molecule has 0 bridgehead atoms. The Morgan fingerprint density at radius 1 is 1.71 bits per heavy atom. The first-order valence-electron chi connectivity index (χ1n) is 2.79. The van der Waals surface area contributed by atoms with Crippen LogP contribution in [0.25, 0.3) is 0 Å². The highest BCUT2D eigenvalue weighted by Gasteiger charge is 2.08. The van der Waals surface area contributed by atoms with E-state index in [4.69, 9.17) is 0 Å². The molecule has 1 nitrogen and oxygen atoms in total. The van der Waals surface area contributed by atoms with Crippen LogP contribution in [0, 0.1) is 5.92 Å². The minimum atomic E-state index is 0.819. The minimum Gasteiger partial charge on any atom is -0.294 e. The van der Waals surface area contributed by atoms with Crippen LogP contribution in [0.4, 0.5) is 0 Å². The highest BCUT2D eigenvalue weighted by molar-refractivity contribution is 5.83. The van der Waals surface area contributed by atoms with Crippen molar-refractivity contribution in [2.24, 2.45) is 10.9 Å². The molecule has 0 aromatic carbocycles. The molecular weight excluding hydrogens is 86.1 g/mol. The van der Waals surface area contributed by atoms with E-state index in [1.807, 2.05) is 0 Å². The summed E-state index contributed by atoms with van der Waals surface area (Å²) < 4.78 is 0. The fourth-order valence-electron chi connectivity index (χ4n) is 0.945. The SMILES string of the molecule is CC1=NC[C@H](C)C1. The quantitative estimate of drug-likeness (QED) is 0.434. The van der Waals surface area contributed by atoms with Gasteiger partial charge in [-0.25, -0.2) is 0 Å². The molecule has 1 rings (SSSR count). The Hall–Kier alpha value is -0.330. The van der Waals surface area contributed by atoms with Gasteiger partial charge in [-0.3, -0.25) is 4.99 Å². The molecule has 0 amide bonds. The molecule has 0 radical (unpaired) electrons. The van der Waals surface area contributed by atoms with Crippen LogP contribution < -0.4 is 0 Å². The largest absolute Gasteiger partial charge is 0.294 e. The van der Waals surface area contributed by atoms with Gasteiger partial charge in [0.15, 0.2) is 0 Å². The van der Waals surface area contributed by atoms with Gasteiger partial charge < -0.3 is 0 Å². The van der Waals surface area contributed by atoms with Crippen LogP contribution in [-0.4, -0.2) is 12.3 Å². The summed E-state index contributed by atoms with van der Waals surface area (Å²) in [5.41, 5.74) is 1.33. The summed E-state index contributed by atoms with van der Waals surface area (Å²) in [5, 5.41) is 0. The lowest BCUT2D eigenvalue weighted by molar-refractivity contribution is 0.664. The molecule has 1 aliphatic rings. The van der Waals surface area contributed by atoms with E-state index >= 15 is 0 Å². The van der Waals surface area contributed by atoms with Gasteiger partial charge in [-0.15, -0.1) is 0 Å². The molecule has 1 atom stereocenters. The molecule has 7 heavy (non-hydrogen) atoms. The lowest BCUT2D eigenvalue weighted by Gasteiger charge is -1.92. The maximum absolute atomic E-state index is 4.23. The second-order valence-electron chi connectivity index (χ2n) is 2.39. The third-order valence-electron chi connectivity index (χ3n) is 1.32. The highest BCUT2D eigenvalue weighted by Crippen LogP contribution is 2.10. The fourth-order valence-corrected chi connectivity index (χ4v) is 0.945. The highest BCUT2D eigenvalue weighted by atomic mass is 14.8. The molecule has 0 aromatic rings. The zero-order valence-corrected chi connectivity index (χ0v) is 4.94.